The number of thiazole rings is 1. The summed E-state index contributed by atoms with van der Waals surface area (Å²) in [5.41, 5.74) is 0.996. The van der Waals surface area contributed by atoms with E-state index < -0.39 is 23.8 Å². The van der Waals surface area contributed by atoms with Crippen molar-refractivity contribution in [2.75, 3.05) is 20.8 Å². The van der Waals surface area contributed by atoms with Gasteiger partial charge in [0.1, 0.15) is 6.04 Å². The summed E-state index contributed by atoms with van der Waals surface area (Å²) >= 11 is 2.84. The van der Waals surface area contributed by atoms with E-state index in [2.05, 4.69) is 18.8 Å². The Morgan fingerprint density at radius 2 is 1.79 bits per heavy atom. The maximum Gasteiger partial charge on any atom is 0.328 e. The van der Waals surface area contributed by atoms with Crippen LogP contribution in [0.4, 0.5) is 0 Å². The molecule has 2 saturated carbocycles. The molecule has 4 aliphatic rings. The Labute approximate surface area is 234 Å². The number of benzene rings is 1. The van der Waals surface area contributed by atoms with Gasteiger partial charge in [-0.05, 0) is 54.7 Å². The number of carbonyl (C=O) groups is 3. The molecule has 8 unspecified atom stereocenters. The number of methoxy groups -OCH3 is 2. The molecule has 2 aromatic rings. The zero-order valence-electron chi connectivity index (χ0n) is 22.5. The number of H-pyrrole nitrogens is 1. The van der Waals surface area contributed by atoms with Crippen LogP contribution in [0, 0.1) is 35.5 Å². The van der Waals surface area contributed by atoms with Crippen LogP contribution in [0.1, 0.15) is 43.6 Å². The second-order valence-electron chi connectivity index (χ2n) is 11.3. The minimum Gasteiger partial charge on any atom is -0.493 e. The predicted molar refractivity (Wildman–Crippen MR) is 145 cm³/mol. The Balaban J connectivity index is 1.40. The quantitative estimate of drug-likeness (QED) is 0.396. The first kappa shape index (κ1) is 26.4. The van der Waals surface area contributed by atoms with Crippen molar-refractivity contribution in [2.45, 2.75) is 49.4 Å². The highest BCUT2D eigenvalue weighted by Crippen LogP contribution is 2.68. The van der Waals surface area contributed by atoms with Gasteiger partial charge in [0.25, 0.3) is 0 Å². The molecule has 2 amide bonds. The van der Waals surface area contributed by atoms with Crippen molar-refractivity contribution in [3.05, 3.63) is 38.3 Å². The number of hydrogen-bond acceptors (Lipinski definition) is 9. The van der Waals surface area contributed by atoms with Crippen molar-refractivity contribution in [3.8, 4) is 11.5 Å². The molecule has 1 aromatic heterocycles. The Hall–Kier alpha value is -2.79. The number of hydrogen-bond donors (Lipinski definition) is 1. The fourth-order valence-corrected chi connectivity index (χ4v) is 10.2. The van der Waals surface area contributed by atoms with E-state index in [1.165, 1.54) is 18.4 Å². The second kappa shape index (κ2) is 9.69. The summed E-state index contributed by atoms with van der Waals surface area (Å²) in [4.78, 5) is 57.0. The third-order valence-corrected chi connectivity index (χ3v) is 11.4. The molecule has 1 saturated heterocycles. The van der Waals surface area contributed by atoms with Gasteiger partial charge in [-0.25, -0.2) is 4.79 Å². The van der Waals surface area contributed by atoms with Gasteiger partial charge in [0.15, 0.2) is 11.5 Å². The van der Waals surface area contributed by atoms with Gasteiger partial charge in [-0.15, -0.1) is 11.8 Å². The number of aromatic amines is 1. The lowest BCUT2D eigenvalue weighted by Crippen LogP contribution is -2.45. The van der Waals surface area contributed by atoms with E-state index in [9.17, 15) is 19.2 Å². The lowest BCUT2D eigenvalue weighted by Gasteiger charge is -2.43. The van der Waals surface area contributed by atoms with Crippen molar-refractivity contribution in [3.63, 3.8) is 0 Å². The SMILES string of the molecule is COC(=O)C(C)N1C(=O)C2C3CC(C2C1=O)C1C(c2ccc(OCC(C)C)c(OC)c2)c2sc(=O)[nH]c2SC31. The molecule has 0 spiro atoms. The first-order chi connectivity index (χ1) is 18.7. The van der Waals surface area contributed by atoms with Crippen LogP contribution in [-0.4, -0.2) is 59.8 Å². The van der Waals surface area contributed by atoms with Crippen molar-refractivity contribution in [1.82, 2.24) is 9.88 Å². The second-order valence-corrected chi connectivity index (χ2v) is 13.5. The Kier molecular flexibility index (Phi) is 6.57. The standard InChI is InChI=1S/C28H32N2O7S2/c1-11(2)10-37-16-7-6-13(8-17(16)35-4)18-19-14-9-15(22(19)38-24-23(18)39-28(34)29-24)21-20(14)25(31)30(26(21)32)12(3)27(33)36-5/h6-8,11-12,14-15,18-22H,9-10H2,1-5H3,(H,29,34). The zero-order chi connectivity index (χ0) is 27.7. The van der Waals surface area contributed by atoms with Gasteiger partial charge >= 0.3 is 10.8 Å². The lowest BCUT2D eigenvalue weighted by molar-refractivity contribution is -0.156. The predicted octanol–water partition coefficient (Wildman–Crippen LogP) is 3.51. The molecule has 9 nitrogen and oxygen atoms in total. The van der Waals surface area contributed by atoms with Crippen LogP contribution >= 0.6 is 23.1 Å². The van der Waals surface area contributed by atoms with E-state index in [4.69, 9.17) is 14.2 Å². The van der Waals surface area contributed by atoms with Crippen molar-refractivity contribution in [1.29, 1.82) is 0 Å². The van der Waals surface area contributed by atoms with E-state index in [1.807, 2.05) is 18.2 Å². The van der Waals surface area contributed by atoms with Gasteiger partial charge in [0, 0.05) is 16.0 Å². The molecule has 2 bridgehead atoms. The van der Waals surface area contributed by atoms with Crippen LogP contribution in [0.3, 0.4) is 0 Å². The van der Waals surface area contributed by atoms with Crippen LogP contribution in [0.15, 0.2) is 28.0 Å². The van der Waals surface area contributed by atoms with Gasteiger partial charge in [0.05, 0.1) is 37.7 Å². The first-order valence-electron chi connectivity index (χ1n) is 13.3. The highest BCUT2D eigenvalue weighted by Gasteiger charge is 2.70. The Morgan fingerprint density at radius 1 is 1.08 bits per heavy atom. The molecular formula is C28H32N2O7S2. The van der Waals surface area contributed by atoms with E-state index in [0.717, 1.165) is 26.8 Å². The maximum absolute atomic E-state index is 13.7. The number of nitrogens with one attached hydrogen (secondary N) is 1. The number of nitrogens with zero attached hydrogens (tertiary/aromatic N) is 1. The van der Waals surface area contributed by atoms with Gasteiger partial charge < -0.3 is 19.2 Å². The van der Waals surface area contributed by atoms with Crippen LogP contribution in [0.25, 0.3) is 0 Å². The van der Waals surface area contributed by atoms with Crippen LogP contribution < -0.4 is 14.3 Å². The fourth-order valence-electron chi connectivity index (χ4n) is 7.32. The zero-order valence-corrected chi connectivity index (χ0v) is 24.1. The average Bonchev–Trinajstić information content (AvgIpc) is 3.65. The minimum absolute atomic E-state index is 0.0177. The number of thioether (sulfide) groups is 1. The number of amides is 2. The van der Waals surface area contributed by atoms with Crippen LogP contribution in [0.5, 0.6) is 11.5 Å². The van der Waals surface area contributed by atoms with E-state index in [0.29, 0.717) is 24.0 Å². The number of ether oxygens (including phenoxy) is 3. The molecule has 3 heterocycles. The molecule has 39 heavy (non-hydrogen) atoms. The summed E-state index contributed by atoms with van der Waals surface area (Å²) in [7, 11) is 2.87. The summed E-state index contributed by atoms with van der Waals surface area (Å²) in [6, 6.07) is 4.98. The molecule has 11 heteroatoms. The molecule has 1 aromatic carbocycles. The smallest absolute Gasteiger partial charge is 0.328 e. The summed E-state index contributed by atoms with van der Waals surface area (Å²) in [6.07, 6.45) is 0.776. The normalized spacial score (nSPS) is 31.2. The number of imide groups is 1. The Morgan fingerprint density at radius 3 is 2.46 bits per heavy atom. The topological polar surface area (TPSA) is 115 Å². The molecule has 3 fully saturated rings. The largest absolute Gasteiger partial charge is 0.493 e. The summed E-state index contributed by atoms with van der Waals surface area (Å²) in [5.74, 6) is -0.548. The summed E-state index contributed by atoms with van der Waals surface area (Å²) in [5, 5.41) is 0.906. The summed E-state index contributed by atoms with van der Waals surface area (Å²) < 4.78 is 16.5. The van der Waals surface area contributed by atoms with E-state index in [-0.39, 0.29) is 45.6 Å². The molecule has 0 radical (unpaired) electrons. The third kappa shape index (κ3) is 3.95. The molecular weight excluding hydrogens is 540 g/mol. The van der Waals surface area contributed by atoms with Crippen molar-refractivity contribution >= 4 is 40.9 Å². The monoisotopic (exact) mass is 572 g/mol. The molecule has 1 N–H and O–H groups in total. The van der Waals surface area contributed by atoms with Crippen LogP contribution in [-0.2, 0) is 19.1 Å². The van der Waals surface area contributed by atoms with E-state index in [1.54, 1.807) is 25.8 Å². The highest BCUT2D eigenvalue weighted by molar-refractivity contribution is 8.00. The maximum atomic E-state index is 13.7. The molecule has 2 aliphatic carbocycles. The highest BCUT2D eigenvalue weighted by atomic mass is 32.2. The molecule has 6 rings (SSSR count). The van der Waals surface area contributed by atoms with Gasteiger partial charge in [-0.2, -0.15) is 0 Å². The molecule has 2 aliphatic heterocycles. The number of rotatable bonds is 7. The number of likely N-dealkylation sites (tertiary alicyclic amines) is 1. The van der Waals surface area contributed by atoms with Gasteiger partial charge in [-0.3, -0.25) is 19.3 Å². The first-order valence-corrected chi connectivity index (χ1v) is 15.0. The fraction of sp³-hybridized carbons (Fsp3) is 0.571. The van der Waals surface area contributed by atoms with Crippen molar-refractivity contribution in [2.24, 2.45) is 35.5 Å². The number of fused-ring (bicyclic) bond motifs is 9. The van der Waals surface area contributed by atoms with Gasteiger partial charge in [-0.1, -0.05) is 31.3 Å². The number of aromatic nitrogens is 1. The average molecular weight is 573 g/mol. The molecule has 8 atom stereocenters. The summed E-state index contributed by atoms with van der Waals surface area (Å²) in [6.45, 7) is 6.28. The van der Waals surface area contributed by atoms with Crippen LogP contribution in [0.2, 0.25) is 0 Å². The number of carbonyl (C=O) groups excluding carboxylic acids is 3. The van der Waals surface area contributed by atoms with Gasteiger partial charge in [0.2, 0.25) is 11.8 Å². The van der Waals surface area contributed by atoms with Crippen molar-refractivity contribution < 1.29 is 28.6 Å². The Bertz CT molecular complexity index is 1400. The third-order valence-electron chi connectivity index (χ3n) is 8.81. The minimum atomic E-state index is -0.953. The number of esters is 1. The van der Waals surface area contributed by atoms with E-state index >= 15 is 0 Å². The lowest BCUT2D eigenvalue weighted by atomic mass is 9.68. The molecule has 208 valence electrons.